The Kier molecular flexibility index (Phi) is 6.62. The van der Waals surface area contributed by atoms with Crippen molar-refractivity contribution in [2.45, 2.75) is 6.54 Å². The Morgan fingerprint density at radius 3 is 2.23 bits per heavy atom. The molecule has 0 unspecified atom stereocenters. The van der Waals surface area contributed by atoms with Crippen LogP contribution in [0.3, 0.4) is 0 Å². The van der Waals surface area contributed by atoms with E-state index < -0.39 is 4.92 Å². The third-order valence-electron chi connectivity index (χ3n) is 3.72. The number of carbonyl (C=O) groups excluding carboxylic acids is 1. The lowest BCUT2D eigenvalue weighted by Crippen LogP contribution is -2.39. The van der Waals surface area contributed by atoms with Crippen LogP contribution in [0.4, 0.5) is 20.6 Å². The van der Waals surface area contributed by atoms with Crippen LogP contribution in [0.15, 0.2) is 48.5 Å². The van der Waals surface area contributed by atoms with Crippen LogP contribution in [0.5, 0.6) is 0 Å². The van der Waals surface area contributed by atoms with Crippen LogP contribution in [0.25, 0.3) is 0 Å². The van der Waals surface area contributed by atoms with Gasteiger partial charge in [0.25, 0.3) is 5.69 Å². The second-order valence-corrected chi connectivity index (χ2v) is 6.09. The maximum Gasteiger partial charge on any atom is 0.322 e. The average molecular weight is 360 g/mol. The molecule has 1 N–H and O–H groups in total. The van der Waals surface area contributed by atoms with Gasteiger partial charge in [0.1, 0.15) is 5.82 Å². The second-order valence-electron chi connectivity index (χ2n) is 6.09. The fraction of sp³-hybridized carbons (Fsp3) is 0.278. The number of nitrogens with zero attached hydrogens (tertiary/aromatic N) is 3. The number of likely N-dealkylation sites (N-methyl/N-ethyl adjacent to an activating group) is 1. The number of halogens is 1. The zero-order valence-electron chi connectivity index (χ0n) is 14.7. The number of urea groups is 1. The fourth-order valence-corrected chi connectivity index (χ4v) is 2.25. The first-order valence-electron chi connectivity index (χ1n) is 8.04. The number of hydrogen-bond acceptors (Lipinski definition) is 4. The van der Waals surface area contributed by atoms with Crippen molar-refractivity contribution >= 4 is 17.4 Å². The molecule has 0 heterocycles. The minimum Gasteiger partial charge on any atom is -0.319 e. The molecule has 0 aliphatic heterocycles. The molecule has 2 aromatic rings. The van der Waals surface area contributed by atoms with E-state index >= 15 is 0 Å². The van der Waals surface area contributed by atoms with Gasteiger partial charge in [0.2, 0.25) is 0 Å². The topological polar surface area (TPSA) is 78.7 Å². The maximum atomic E-state index is 13.1. The van der Waals surface area contributed by atoms with Gasteiger partial charge < -0.3 is 15.1 Å². The van der Waals surface area contributed by atoms with E-state index in [-0.39, 0.29) is 17.5 Å². The van der Waals surface area contributed by atoms with Gasteiger partial charge in [-0.05, 0) is 43.9 Å². The summed E-state index contributed by atoms with van der Waals surface area (Å²) in [6.07, 6.45) is 0. The number of nitro benzene ring substituents is 1. The van der Waals surface area contributed by atoms with Gasteiger partial charge in [-0.15, -0.1) is 0 Å². The number of amides is 2. The first kappa shape index (κ1) is 19.3. The molecule has 0 atom stereocenters. The molecule has 0 spiro atoms. The molecule has 0 radical (unpaired) electrons. The van der Waals surface area contributed by atoms with Gasteiger partial charge in [-0.1, -0.05) is 12.1 Å². The quantitative estimate of drug-likeness (QED) is 0.607. The number of nitro groups is 1. The van der Waals surface area contributed by atoms with Crippen LogP contribution in [-0.4, -0.2) is 47.9 Å². The third kappa shape index (κ3) is 5.82. The Morgan fingerprint density at radius 1 is 1.08 bits per heavy atom. The van der Waals surface area contributed by atoms with E-state index in [4.69, 9.17) is 0 Å². The van der Waals surface area contributed by atoms with Gasteiger partial charge in [0, 0.05) is 37.5 Å². The molecule has 0 fully saturated rings. The van der Waals surface area contributed by atoms with Crippen LogP contribution in [0.2, 0.25) is 0 Å². The minimum atomic E-state index is -0.497. The Morgan fingerprint density at radius 2 is 1.69 bits per heavy atom. The number of carbonyl (C=O) groups is 1. The summed E-state index contributed by atoms with van der Waals surface area (Å²) in [7, 11) is 3.81. The minimum absolute atomic E-state index is 0.0428. The van der Waals surface area contributed by atoms with Gasteiger partial charge in [-0.3, -0.25) is 10.1 Å². The lowest BCUT2D eigenvalue weighted by atomic mass is 10.2. The van der Waals surface area contributed by atoms with Gasteiger partial charge in [0.05, 0.1) is 4.92 Å². The van der Waals surface area contributed by atoms with Crippen LogP contribution in [-0.2, 0) is 6.54 Å². The summed E-state index contributed by atoms with van der Waals surface area (Å²) in [6, 6.07) is 11.3. The molecule has 0 aliphatic carbocycles. The molecular weight excluding hydrogens is 339 g/mol. The molecule has 2 amide bonds. The summed E-state index contributed by atoms with van der Waals surface area (Å²) in [5.74, 6) is -0.330. The van der Waals surface area contributed by atoms with Gasteiger partial charge in [0.15, 0.2) is 0 Å². The predicted molar refractivity (Wildman–Crippen MR) is 97.5 cm³/mol. The molecule has 7 nitrogen and oxygen atoms in total. The normalized spacial score (nSPS) is 10.6. The zero-order chi connectivity index (χ0) is 19.1. The largest absolute Gasteiger partial charge is 0.322 e. The van der Waals surface area contributed by atoms with Gasteiger partial charge in [-0.25, -0.2) is 9.18 Å². The number of hydrogen-bond donors (Lipinski definition) is 1. The number of benzene rings is 2. The Bertz CT molecular complexity index is 748. The first-order chi connectivity index (χ1) is 12.3. The van der Waals surface area contributed by atoms with Crippen LogP contribution in [0.1, 0.15) is 5.56 Å². The molecule has 0 saturated carbocycles. The van der Waals surface area contributed by atoms with Crippen molar-refractivity contribution in [1.29, 1.82) is 0 Å². The number of non-ortho nitro benzene ring substituents is 1. The van der Waals surface area contributed by atoms with Crippen molar-refractivity contribution in [2.75, 3.05) is 32.5 Å². The molecule has 0 bridgehead atoms. The highest BCUT2D eigenvalue weighted by Crippen LogP contribution is 2.16. The van der Waals surface area contributed by atoms with Crippen molar-refractivity contribution in [1.82, 2.24) is 9.80 Å². The summed E-state index contributed by atoms with van der Waals surface area (Å²) in [4.78, 5) is 26.4. The summed E-state index contributed by atoms with van der Waals surface area (Å²) < 4.78 is 13.1. The molecule has 138 valence electrons. The van der Waals surface area contributed by atoms with Crippen molar-refractivity contribution in [2.24, 2.45) is 0 Å². The third-order valence-corrected chi connectivity index (χ3v) is 3.72. The lowest BCUT2D eigenvalue weighted by Gasteiger charge is -2.25. The van der Waals surface area contributed by atoms with Crippen molar-refractivity contribution < 1.29 is 14.1 Å². The van der Waals surface area contributed by atoms with Crippen molar-refractivity contribution in [3.05, 3.63) is 70.0 Å². The van der Waals surface area contributed by atoms with Gasteiger partial charge in [-0.2, -0.15) is 0 Å². The number of rotatable bonds is 7. The summed E-state index contributed by atoms with van der Waals surface area (Å²) >= 11 is 0. The predicted octanol–water partition coefficient (Wildman–Crippen LogP) is 3.33. The highest BCUT2D eigenvalue weighted by Gasteiger charge is 2.15. The zero-order valence-corrected chi connectivity index (χ0v) is 14.7. The molecule has 0 aromatic heterocycles. The van der Waals surface area contributed by atoms with E-state index in [0.717, 1.165) is 5.56 Å². The second kappa shape index (κ2) is 8.91. The highest BCUT2D eigenvalue weighted by molar-refractivity contribution is 5.89. The van der Waals surface area contributed by atoms with E-state index in [1.54, 1.807) is 17.0 Å². The number of anilines is 1. The Balaban J connectivity index is 2.08. The maximum absolute atomic E-state index is 13.1. The van der Waals surface area contributed by atoms with Crippen molar-refractivity contribution in [3.63, 3.8) is 0 Å². The summed E-state index contributed by atoms with van der Waals surface area (Å²) in [5, 5.41) is 13.4. The van der Waals surface area contributed by atoms with Crippen LogP contribution < -0.4 is 5.32 Å². The van der Waals surface area contributed by atoms with E-state index in [9.17, 15) is 19.3 Å². The Hall–Kier alpha value is -3.00. The molecule has 0 aliphatic rings. The average Bonchev–Trinajstić information content (AvgIpc) is 2.60. The molecule has 2 aromatic carbocycles. The van der Waals surface area contributed by atoms with E-state index in [1.165, 1.54) is 36.4 Å². The van der Waals surface area contributed by atoms with E-state index in [0.29, 0.717) is 25.3 Å². The number of nitrogens with one attached hydrogen (secondary N) is 1. The van der Waals surface area contributed by atoms with Crippen LogP contribution >= 0.6 is 0 Å². The molecule has 2 rings (SSSR count). The SMILES string of the molecule is CN(C)CCN(Cc1ccc(F)cc1)C(=O)Nc1ccc([N+](=O)[O-])cc1. The monoisotopic (exact) mass is 360 g/mol. The summed E-state index contributed by atoms with van der Waals surface area (Å²) in [5.41, 5.74) is 1.23. The fourth-order valence-electron chi connectivity index (χ4n) is 2.25. The standard InChI is InChI=1S/C18H21FN4O3/c1-21(2)11-12-22(13-14-3-5-15(19)6-4-14)18(24)20-16-7-9-17(10-8-16)23(25)26/h3-10H,11-13H2,1-2H3,(H,20,24). The molecule has 0 saturated heterocycles. The first-order valence-corrected chi connectivity index (χ1v) is 8.04. The van der Waals surface area contributed by atoms with Crippen LogP contribution in [0, 0.1) is 15.9 Å². The van der Waals surface area contributed by atoms with E-state index in [1.807, 2.05) is 19.0 Å². The highest BCUT2D eigenvalue weighted by atomic mass is 19.1. The summed E-state index contributed by atoms with van der Waals surface area (Å²) in [6.45, 7) is 1.46. The van der Waals surface area contributed by atoms with Crippen molar-refractivity contribution in [3.8, 4) is 0 Å². The molecule has 26 heavy (non-hydrogen) atoms. The van der Waals surface area contributed by atoms with E-state index in [2.05, 4.69) is 5.32 Å². The molecular formula is C18H21FN4O3. The Labute approximate surface area is 151 Å². The smallest absolute Gasteiger partial charge is 0.319 e. The van der Waals surface area contributed by atoms with Gasteiger partial charge >= 0.3 is 6.03 Å². The molecule has 8 heteroatoms. The lowest BCUT2D eigenvalue weighted by molar-refractivity contribution is -0.384.